The maximum Gasteiger partial charge on any atom is 0.407 e. The third-order valence-electron chi connectivity index (χ3n) is 4.10. The van der Waals surface area contributed by atoms with Crippen LogP contribution in [0.3, 0.4) is 0 Å². The average molecular weight is 287 g/mol. The van der Waals surface area contributed by atoms with Gasteiger partial charge in [-0.1, -0.05) is 49.4 Å². The summed E-state index contributed by atoms with van der Waals surface area (Å²) >= 11 is 0. The number of benzene rings is 1. The summed E-state index contributed by atoms with van der Waals surface area (Å²) in [4.78, 5) is 23.4. The molecule has 2 rings (SSSR count). The number of rotatable bonds is 5. The highest BCUT2D eigenvalue weighted by Gasteiger charge is 2.38. The fourth-order valence-electron chi connectivity index (χ4n) is 2.63. The Morgan fingerprint density at radius 1 is 1.43 bits per heavy atom. The third kappa shape index (κ3) is 3.72. The third-order valence-corrected chi connectivity index (χ3v) is 4.10. The van der Waals surface area contributed by atoms with Crippen LogP contribution in [0, 0.1) is 5.41 Å². The highest BCUT2D eigenvalue weighted by atomic mass is 16.5. The minimum atomic E-state index is -0.513. The molecule has 0 fully saturated rings. The Morgan fingerprint density at radius 2 is 2.19 bits per heavy atom. The Bertz CT molecular complexity index is 512. The monoisotopic (exact) mass is 287 g/mol. The molecule has 2 atom stereocenters. The van der Waals surface area contributed by atoms with Crippen LogP contribution >= 0.6 is 0 Å². The lowest BCUT2D eigenvalue weighted by molar-refractivity contribution is -0.117. The molecule has 21 heavy (non-hydrogen) atoms. The second kappa shape index (κ2) is 7.07. The van der Waals surface area contributed by atoms with Gasteiger partial charge in [0.15, 0.2) is 0 Å². The largest absolute Gasteiger partial charge is 0.445 e. The molecule has 0 spiro atoms. The second-order valence-corrected chi connectivity index (χ2v) is 5.36. The van der Waals surface area contributed by atoms with Gasteiger partial charge < -0.3 is 14.8 Å². The van der Waals surface area contributed by atoms with E-state index in [9.17, 15) is 9.59 Å². The zero-order chi connectivity index (χ0) is 15.1. The molecule has 0 radical (unpaired) electrons. The lowest BCUT2D eigenvalue weighted by Gasteiger charge is -2.36. The summed E-state index contributed by atoms with van der Waals surface area (Å²) in [6.07, 6.45) is 6.69. The highest BCUT2D eigenvalue weighted by molar-refractivity contribution is 5.71. The molecule has 1 N–H and O–H groups in total. The van der Waals surface area contributed by atoms with Crippen molar-refractivity contribution >= 4 is 12.4 Å². The van der Waals surface area contributed by atoms with Crippen LogP contribution in [0.2, 0.25) is 0 Å². The van der Waals surface area contributed by atoms with E-state index in [1.807, 2.05) is 49.4 Å². The number of carbonyl (C=O) groups is 2. The molecule has 0 heterocycles. The van der Waals surface area contributed by atoms with Crippen molar-refractivity contribution in [3.8, 4) is 0 Å². The van der Waals surface area contributed by atoms with Crippen molar-refractivity contribution in [3.05, 3.63) is 48.0 Å². The predicted octanol–water partition coefficient (Wildman–Crippen LogP) is 3.23. The highest BCUT2D eigenvalue weighted by Crippen LogP contribution is 2.34. The van der Waals surface area contributed by atoms with Gasteiger partial charge in [-0.2, -0.15) is 0 Å². The fourth-order valence-corrected chi connectivity index (χ4v) is 2.63. The molecule has 1 aliphatic carbocycles. The van der Waals surface area contributed by atoms with E-state index in [0.717, 1.165) is 24.7 Å². The Balaban J connectivity index is 1.93. The summed E-state index contributed by atoms with van der Waals surface area (Å²) in [7, 11) is 0. The number of ether oxygens (including phenoxy) is 1. The zero-order valence-corrected chi connectivity index (χ0v) is 12.2. The first kappa shape index (κ1) is 15.3. The summed E-state index contributed by atoms with van der Waals surface area (Å²) < 4.78 is 5.21. The zero-order valence-electron chi connectivity index (χ0n) is 12.2. The van der Waals surface area contributed by atoms with Crippen LogP contribution in [-0.2, 0) is 16.1 Å². The molecule has 0 aromatic heterocycles. The normalized spacial score (nSPS) is 24.3. The lowest BCUT2D eigenvalue weighted by atomic mass is 9.72. The molecule has 0 unspecified atom stereocenters. The molecule has 1 aromatic carbocycles. The maximum absolute atomic E-state index is 11.9. The lowest BCUT2D eigenvalue weighted by Crippen LogP contribution is -2.48. The minimum Gasteiger partial charge on any atom is -0.445 e. The number of hydrogen-bond donors (Lipinski definition) is 1. The standard InChI is InChI=1S/C17H21NO3/c1-2-17(13-19)11-7-6-10-15(17)18-16(20)21-12-14-8-4-3-5-9-14/h3-6,8-10,13,15H,2,7,11-12H2,1H3,(H,18,20)/t15-,17-/m0/s1. The Morgan fingerprint density at radius 3 is 2.86 bits per heavy atom. The topological polar surface area (TPSA) is 55.4 Å². The van der Waals surface area contributed by atoms with Crippen LogP contribution in [0.5, 0.6) is 0 Å². The van der Waals surface area contributed by atoms with Crippen molar-refractivity contribution in [2.45, 2.75) is 38.8 Å². The summed E-state index contributed by atoms with van der Waals surface area (Å²) in [5.41, 5.74) is 0.421. The van der Waals surface area contributed by atoms with Gasteiger partial charge in [0.1, 0.15) is 12.9 Å². The second-order valence-electron chi connectivity index (χ2n) is 5.36. The smallest absolute Gasteiger partial charge is 0.407 e. The summed E-state index contributed by atoms with van der Waals surface area (Å²) in [6, 6.07) is 9.21. The first-order chi connectivity index (χ1) is 10.2. The maximum atomic E-state index is 11.9. The molecule has 0 bridgehead atoms. The quantitative estimate of drug-likeness (QED) is 0.668. The van der Waals surface area contributed by atoms with Crippen LogP contribution in [0.1, 0.15) is 31.7 Å². The van der Waals surface area contributed by atoms with E-state index in [1.54, 1.807) is 0 Å². The minimum absolute atomic E-state index is 0.226. The van der Waals surface area contributed by atoms with E-state index in [0.29, 0.717) is 6.42 Å². The average Bonchev–Trinajstić information content (AvgIpc) is 2.54. The first-order valence-corrected chi connectivity index (χ1v) is 7.30. The van der Waals surface area contributed by atoms with Crippen LogP contribution in [-0.4, -0.2) is 18.4 Å². The number of alkyl carbamates (subject to hydrolysis) is 1. The number of amides is 1. The molecule has 4 nitrogen and oxygen atoms in total. The number of carbonyl (C=O) groups excluding carboxylic acids is 2. The van der Waals surface area contributed by atoms with Gasteiger partial charge in [-0.25, -0.2) is 4.79 Å². The molecule has 1 amide bonds. The van der Waals surface area contributed by atoms with Gasteiger partial charge in [0, 0.05) is 5.41 Å². The Hall–Kier alpha value is -2.10. The Labute approximate surface area is 125 Å². The van der Waals surface area contributed by atoms with Crippen molar-refractivity contribution in [2.75, 3.05) is 0 Å². The Kier molecular flexibility index (Phi) is 5.14. The van der Waals surface area contributed by atoms with E-state index < -0.39 is 11.5 Å². The number of aldehydes is 1. The van der Waals surface area contributed by atoms with Gasteiger partial charge in [0.05, 0.1) is 6.04 Å². The van der Waals surface area contributed by atoms with Crippen LogP contribution in [0.4, 0.5) is 4.79 Å². The molecule has 1 aromatic rings. The molecule has 0 saturated carbocycles. The fraction of sp³-hybridized carbons (Fsp3) is 0.412. The van der Waals surface area contributed by atoms with Crippen LogP contribution in [0.25, 0.3) is 0 Å². The van der Waals surface area contributed by atoms with Crippen molar-refractivity contribution < 1.29 is 14.3 Å². The van der Waals surface area contributed by atoms with Gasteiger partial charge in [0.2, 0.25) is 0 Å². The molecular weight excluding hydrogens is 266 g/mol. The number of hydrogen-bond acceptors (Lipinski definition) is 3. The first-order valence-electron chi connectivity index (χ1n) is 7.30. The van der Waals surface area contributed by atoms with E-state index in [-0.39, 0.29) is 12.6 Å². The molecular formula is C17H21NO3. The molecule has 0 saturated heterocycles. The van der Waals surface area contributed by atoms with Crippen LogP contribution in [0.15, 0.2) is 42.5 Å². The van der Waals surface area contributed by atoms with Crippen molar-refractivity contribution in [1.29, 1.82) is 0 Å². The summed E-state index contributed by atoms with van der Waals surface area (Å²) in [5, 5.41) is 2.80. The molecule has 0 aliphatic heterocycles. The number of allylic oxidation sites excluding steroid dienone is 1. The van der Waals surface area contributed by atoms with E-state index in [4.69, 9.17) is 4.74 Å². The van der Waals surface area contributed by atoms with Crippen molar-refractivity contribution in [2.24, 2.45) is 5.41 Å². The molecule has 1 aliphatic rings. The summed E-state index contributed by atoms with van der Waals surface area (Å²) in [6.45, 7) is 2.20. The van der Waals surface area contributed by atoms with E-state index in [2.05, 4.69) is 5.32 Å². The van der Waals surface area contributed by atoms with Crippen molar-refractivity contribution in [1.82, 2.24) is 5.32 Å². The van der Waals surface area contributed by atoms with E-state index >= 15 is 0 Å². The van der Waals surface area contributed by atoms with Gasteiger partial charge in [-0.15, -0.1) is 0 Å². The van der Waals surface area contributed by atoms with Gasteiger partial charge >= 0.3 is 6.09 Å². The predicted molar refractivity (Wildman–Crippen MR) is 80.7 cm³/mol. The van der Waals surface area contributed by atoms with Gasteiger partial charge in [-0.05, 0) is 24.8 Å². The van der Waals surface area contributed by atoms with Crippen molar-refractivity contribution in [3.63, 3.8) is 0 Å². The summed E-state index contributed by atoms with van der Waals surface area (Å²) in [5.74, 6) is 0. The van der Waals surface area contributed by atoms with Gasteiger partial charge in [-0.3, -0.25) is 0 Å². The number of nitrogens with one attached hydrogen (secondary N) is 1. The SMILES string of the molecule is CC[C@@]1(C=O)CCC=C[C@@H]1NC(=O)OCc1ccccc1. The van der Waals surface area contributed by atoms with Gasteiger partial charge in [0.25, 0.3) is 0 Å². The molecule has 4 heteroatoms. The molecule has 112 valence electrons. The van der Waals surface area contributed by atoms with E-state index in [1.165, 1.54) is 0 Å². The van der Waals surface area contributed by atoms with Crippen LogP contribution < -0.4 is 5.32 Å².